The Morgan fingerprint density at radius 1 is 1.38 bits per heavy atom. The molecule has 1 aromatic carbocycles. The van der Waals surface area contributed by atoms with Crippen molar-refractivity contribution in [3.63, 3.8) is 0 Å². The van der Waals surface area contributed by atoms with Gasteiger partial charge in [0.1, 0.15) is 16.1 Å². The van der Waals surface area contributed by atoms with Crippen molar-refractivity contribution in [3.05, 3.63) is 34.3 Å². The van der Waals surface area contributed by atoms with Gasteiger partial charge in [0.15, 0.2) is 0 Å². The lowest BCUT2D eigenvalue weighted by Crippen LogP contribution is -2.26. The topological polar surface area (TPSA) is 35.4 Å². The quantitative estimate of drug-likeness (QED) is 0.606. The van der Waals surface area contributed by atoms with Gasteiger partial charge in [-0.15, -0.1) is 0 Å². The van der Waals surface area contributed by atoms with Gasteiger partial charge in [0, 0.05) is 10.0 Å². The number of hydrogen-bond acceptors (Lipinski definition) is 2. The molecule has 2 nitrogen and oxygen atoms in total. The van der Waals surface area contributed by atoms with Crippen molar-refractivity contribution in [2.24, 2.45) is 4.40 Å². The van der Waals surface area contributed by atoms with Crippen LogP contribution in [0.4, 0.5) is 0 Å². The Labute approximate surface area is 109 Å². The second kappa shape index (κ2) is 5.34. The van der Waals surface area contributed by atoms with Crippen molar-refractivity contribution in [2.75, 3.05) is 0 Å². The van der Waals surface area contributed by atoms with Gasteiger partial charge >= 0.3 is 0 Å². The van der Waals surface area contributed by atoms with Crippen LogP contribution in [0.5, 0.6) is 0 Å². The summed E-state index contributed by atoms with van der Waals surface area (Å²) in [6.07, 6.45) is 0. The zero-order valence-corrected chi connectivity index (χ0v) is 12.4. The summed E-state index contributed by atoms with van der Waals surface area (Å²) in [5.74, 6) is 0. The van der Waals surface area contributed by atoms with Gasteiger partial charge in [0.25, 0.3) is 0 Å². The third-order valence-corrected chi connectivity index (χ3v) is 3.97. The molecule has 0 aliphatic carbocycles. The van der Waals surface area contributed by atoms with E-state index in [9.17, 15) is 4.55 Å². The maximum Gasteiger partial charge on any atom is 0.144 e. The molecule has 0 bridgehead atoms. The highest BCUT2D eigenvalue weighted by Crippen LogP contribution is 2.19. The van der Waals surface area contributed by atoms with Crippen LogP contribution in [0.15, 0.2) is 33.1 Å². The van der Waals surface area contributed by atoms with Crippen molar-refractivity contribution in [1.82, 2.24) is 0 Å². The van der Waals surface area contributed by atoms with E-state index in [4.69, 9.17) is 0 Å². The molecule has 0 saturated carbocycles. The van der Waals surface area contributed by atoms with Gasteiger partial charge in [0.05, 0.1) is 5.71 Å². The molecule has 0 amide bonds. The van der Waals surface area contributed by atoms with E-state index in [-0.39, 0.29) is 4.75 Å². The maximum absolute atomic E-state index is 11.8. The van der Waals surface area contributed by atoms with E-state index < -0.39 is 11.4 Å². The third kappa shape index (κ3) is 3.92. The Kier molecular flexibility index (Phi) is 4.59. The number of nitrogens with zero attached hydrogens (tertiary/aromatic N) is 1. The molecule has 0 N–H and O–H groups in total. The van der Waals surface area contributed by atoms with Crippen LogP contribution in [-0.4, -0.2) is 15.0 Å². The molecular formula is C12H16BrNOS. The van der Waals surface area contributed by atoms with Gasteiger partial charge in [0.2, 0.25) is 0 Å². The van der Waals surface area contributed by atoms with Gasteiger partial charge < -0.3 is 4.55 Å². The maximum atomic E-state index is 11.8. The zero-order valence-electron chi connectivity index (χ0n) is 9.95. The first kappa shape index (κ1) is 13.7. The Morgan fingerprint density at radius 3 is 2.50 bits per heavy atom. The largest absolute Gasteiger partial charge is 0.591 e. The van der Waals surface area contributed by atoms with Crippen LogP contribution in [0.1, 0.15) is 33.3 Å². The molecule has 1 aromatic rings. The van der Waals surface area contributed by atoms with Crippen molar-refractivity contribution < 1.29 is 4.55 Å². The van der Waals surface area contributed by atoms with Crippen LogP contribution in [0.3, 0.4) is 0 Å². The summed E-state index contributed by atoms with van der Waals surface area (Å²) in [4.78, 5) is 0. The molecule has 0 heterocycles. The summed E-state index contributed by atoms with van der Waals surface area (Å²) in [5.41, 5.74) is 1.79. The van der Waals surface area contributed by atoms with Crippen LogP contribution < -0.4 is 0 Å². The first-order valence-corrected chi connectivity index (χ1v) is 6.94. The van der Waals surface area contributed by atoms with Gasteiger partial charge in [-0.3, -0.25) is 0 Å². The van der Waals surface area contributed by atoms with E-state index in [1.54, 1.807) is 0 Å². The van der Waals surface area contributed by atoms with Gasteiger partial charge in [-0.2, -0.15) is 0 Å². The first-order valence-electron chi connectivity index (χ1n) is 5.04. The van der Waals surface area contributed by atoms with Crippen molar-refractivity contribution in [3.8, 4) is 0 Å². The Morgan fingerprint density at radius 2 is 2.00 bits per heavy atom. The fourth-order valence-electron chi connectivity index (χ4n) is 1.03. The van der Waals surface area contributed by atoms with Crippen LogP contribution in [0.25, 0.3) is 0 Å². The minimum atomic E-state index is -1.20. The van der Waals surface area contributed by atoms with Gasteiger partial charge in [-0.1, -0.05) is 32.5 Å². The van der Waals surface area contributed by atoms with E-state index >= 15 is 0 Å². The van der Waals surface area contributed by atoms with Crippen molar-refractivity contribution in [2.45, 2.75) is 32.4 Å². The molecule has 0 fully saturated rings. The minimum absolute atomic E-state index is 0.312. The normalized spacial score (nSPS) is 15.0. The Hall–Kier alpha value is -0.320. The molecule has 0 aliphatic heterocycles. The predicted octanol–water partition coefficient (Wildman–Crippen LogP) is 3.72. The van der Waals surface area contributed by atoms with Crippen molar-refractivity contribution in [1.29, 1.82) is 0 Å². The van der Waals surface area contributed by atoms with Gasteiger partial charge in [-0.25, -0.2) is 0 Å². The lowest BCUT2D eigenvalue weighted by molar-refractivity contribution is 0.561. The van der Waals surface area contributed by atoms with Gasteiger partial charge in [-0.05, 0) is 39.8 Å². The lowest BCUT2D eigenvalue weighted by Gasteiger charge is -2.18. The predicted molar refractivity (Wildman–Crippen MR) is 74.2 cm³/mol. The molecule has 0 radical (unpaired) electrons. The average molecular weight is 302 g/mol. The summed E-state index contributed by atoms with van der Waals surface area (Å²) in [7, 11) is 0. The number of halogens is 1. The van der Waals surface area contributed by atoms with Crippen LogP contribution in [0, 0.1) is 0 Å². The molecular weight excluding hydrogens is 286 g/mol. The zero-order chi connectivity index (χ0) is 12.3. The van der Waals surface area contributed by atoms with E-state index in [2.05, 4.69) is 20.3 Å². The Bertz CT molecular complexity index is 398. The molecule has 88 valence electrons. The highest BCUT2D eigenvalue weighted by Gasteiger charge is 2.26. The average Bonchev–Trinajstić information content (AvgIpc) is 2.16. The first-order chi connectivity index (χ1) is 7.30. The molecule has 1 rings (SSSR count). The standard InChI is InChI=1S/C12H16BrNOS/c1-9(14-16(15)12(2,3)4)10-6-5-7-11(13)8-10/h5-8H,1-4H3/b14-9-. The van der Waals surface area contributed by atoms with E-state index in [0.29, 0.717) is 0 Å². The summed E-state index contributed by atoms with van der Waals surface area (Å²) in [5, 5.41) is 0. The van der Waals surface area contributed by atoms with Crippen LogP contribution >= 0.6 is 15.9 Å². The molecule has 1 unspecified atom stereocenters. The second-order valence-corrected chi connectivity index (χ2v) is 7.37. The highest BCUT2D eigenvalue weighted by atomic mass is 79.9. The Balaban J connectivity index is 2.94. The van der Waals surface area contributed by atoms with Crippen LogP contribution in [0.2, 0.25) is 0 Å². The lowest BCUT2D eigenvalue weighted by atomic mass is 10.1. The van der Waals surface area contributed by atoms with E-state index in [1.165, 1.54) is 0 Å². The minimum Gasteiger partial charge on any atom is -0.591 e. The van der Waals surface area contributed by atoms with Crippen molar-refractivity contribution >= 4 is 33.0 Å². The molecule has 0 spiro atoms. The fraction of sp³-hybridized carbons (Fsp3) is 0.417. The number of hydrogen-bond donors (Lipinski definition) is 0. The second-order valence-electron chi connectivity index (χ2n) is 4.55. The fourth-order valence-corrected chi connectivity index (χ4v) is 2.05. The van der Waals surface area contributed by atoms with Crippen LogP contribution in [-0.2, 0) is 11.4 Å². The third-order valence-electron chi connectivity index (χ3n) is 1.99. The molecule has 4 heteroatoms. The smallest absolute Gasteiger partial charge is 0.144 e. The molecule has 0 aliphatic rings. The SMILES string of the molecule is C/C(=N/[S+]([O-])C(C)(C)C)c1cccc(Br)c1. The number of benzene rings is 1. The summed E-state index contributed by atoms with van der Waals surface area (Å²) in [6, 6.07) is 7.83. The number of rotatable bonds is 2. The molecule has 16 heavy (non-hydrogen) atoms. The van der Waals surface area contributed by atoms with E-state index in [1.807, 2.05) is 52.0 Å². The molecule has 1 atom stereocenters. The highest BCUT2D eigenvalue weighted by molar-refractivity contribution is 9.10. The molecule has 0 aromatic heterocycles. The van der Waals surface area contributed by atoms with E-state index in [0.717, 1.165) is 15.7 Å². The summed E-state index contributed by atoms with van der Waals surface area (Å²) < 4.78 is 16.8. The molecule has 0 saturated heterocycles. The monoisotopic (exact) mass is 301 g/mol. The summed E-state index contributed by atoms with van der Waals surface area (Å²) >= 11 is 2.20. The summed E-state index contributed by atoms with van der Waals surface area (Å²) in [6.45, 7) is 7.63.